The van der Waals surface area contributed by atoms with Crippen molar-refractivity contribution in [2.24, 2.45) is 0 Å². The molecule has 0 aliphatic rings. The van der Waals surface area contributed by atoms with E-state index in [1.54, 1.807) is 44.4 Å². The van der Waals surface area contributed by atoms with Gasteiger partial charge in [-0.1, -0.05) is 6.07 Å². The lowest BCUT2D eigenvalue weighted by Crippen LogP contribution is -2.27. The molecule has 0 atom stereocenters. The average Bonchev–Trinajstić information content (AvgIpc) is 2.69. The van der Waals surface area contributed by atoms with Gasteiger partial charge < -0.3 is 13.9 Å². The fourth-order valence-electron chi connectivity index (χ4n) is 2.24. The number of methoxy groups -OCH3 is 1. The maximum absolute atomic E-state index is 12.0. The van der Waals surface area contributed by atoms with E-state index in [0.717, 1.165) is 0 Å². The van der Waals surface area contributed by atoms with E-state index in [1.165, 1.54) is 7.11 Å². The number of fused-ring (bicyclic) bond motifs is 1. The fraction of sp³-hybridized carbons (Fsp3) is 0.375. The lowest BCUT2D eigenvalue weighted by atomic mass is 10.2. The number of rotatable bonds is 2. The number of nitrogens with one attached hydrogen (secondary N) is 1. The minimum atomic E-state index is -0.599. The number of ether oxygens (including phenoxy) is 2. The van der Waals surface area contributed by atoms with Crippen molar-refractivity contribution in [3.05, 3.63) is 35.7 Å². The molecule has 0 saturated heterocycles. The van der Waals surface area contributed by atoms with Crippen molar-refractivity contribution in [2.75, 3.05) is 12.4 Å². The zero-order chi connectivity index (χ0) is 16.5. The molecule has 2 aromatic heterocycles. The molecule has 0 aliphatic heterocycles. The number of nitrogens with zero attached hydrogens (tertiary/aromatic N) is 1. The van der Waals surface area contributed by atoms with Gasteiger partial charge in [0.1, 0.15) is 11.3 Å². The van der Waals surface area contributed by atoms with E-state index in [0.29, 0.717) is 22.5 Å². The molecule has 1 amide bonds. The maximum Gasteiger partial charge on any atom is 0.412 e. The van der Waals surface area contributed by atoms with Crippen molar-refractivity contribution in [1.29, 1.82) is 0 Å². The van der Waals surface area contributed by atoms with Crippen molar-refractivity contribution in [3.8, 4) is 0 Å². The van der Waals surface area contributed by atoms with Crippen LogP contribution in [-0.2, 0) is 9.47 Å². The summed E-state index contributed by atoms with van der Waals surface area (Å²) in [6.45, 7) is 7.12. The smallest absolute Gasteiger partial charge is 0.412 e. The Morgan fingerprint density at radius 1 is 1.23 bits per heavy atom. The highest BCUT2D eigenvalue weighted by atomic mass is 16.6. The summed E-state index contributed by atoms with van der Waals surface area (Å²) >= 11 is 0. The number of carbonyl (C=O) groups is 2. The van der Waals surface area contributed by atoms with E-state index in [1.807, 2.05) is 12.1 Å². The number of hydrogen-bond acceptors (Lipinski definition) is 4. The first-order valence-corrected chi connectivity index (χ1v) is 6.92. The topological polar surface area (TPSA) is 69.0 Å². The van der Waals surface area contributed by atoms with Gasteiger partial charge >= 0.3 is 12.1 Å². The molecule has 0 radical (unpaired) electrons. The van der Waals surface area contributed by atoms with Crippen LogP contribution in [0.3, 0.4) is 0 Å². The third kappa shape index (κ3) is 3.05. The summed E-state index contributed by atoms with van der Waals surface area (Å²) in [6.07, 6.45) is 1.18. The van der Waals surface area contributed by atoms with Gasteiger partial charge in [0.15, 0.2) is 0 Å². The molecule has 6 nitrogen and oxygen atoms in total. The average molecular weight is 304 g/mol. The predicted octanol–water partition coefficient (Wildman–Crippen LogP) is 3.38. The van der Waals surface area contributed by atoms with Crippen LogP contribution in [0.25, 0.3) is 5.52 Å². The van der Waals surface area contributed by atoms with Crippen LogP contribution in [0.1, 0.15) is 36.8 Å². The van der Waals surface area contributed by atoms with Crippen molar-refractivity contribution >= 4 is 23.3 Å². The molecule has 2 rings (SSSR count). The highest BCUT2D eigenvalue weighted by Crippen LogP contribution is 2.29. The van der Waals surface area contributed by atoms with Crippen molar-refractivity contribution in [2.45, 2.75) is 33.3 Å². The molecule has 0 unspecified atom stereocenters. The first kappa shape index (κ1) is 15.9. The number of esters is 1. The summed E-state index contributed by atoms with van der Waals surface area (Å²) in [5, 5.41) is 2.72. The van der Waals surface area contributed by atoms with Gasteiger partial charge in [-0.3, -0.25) is 5.32 Å². The number of hydrogen-bond donors (Lipinski definition) is 1. The van der Waals surface area contributed by atoms with Gasteiger partial charge in [-0.15, -0.1) is 0 Å². The largest absolute Gasteiger partial charge is 0.464 e. The van der Waals surface area contributed by atoms with Crippen LogP contribution >= 0.6 is 0 Å². The molecule has 0 spiro atoms. The summed E-state index contributed by atoms with van der Waals surface area (Å²) in [4.78, 5) is 24.0. The lowest BCUT2D eigenvalue weighted by molar-refractivity contribution is 0.0589. The number of anilines is 1. The zero-order valence-electron chi connectivity index (χ0n) is 13.4. The van der Waals surface area contributed by atoms with Crippen LogP contribution in [0.15, 0.2) is 24.4 Å². The van der Waals surface area contributed by atoms with Crippen LogP contribution in [-0.4, -0.2) is 29.2 Å². The number of carbonyl (C=O) groups excluding carboxylic acids is 2. The Kier molecular flexibility index (Phi) is 4.12. The summed E-state index contributed by atoms with van der Waals surface area (Å²) in [5.41, 5.74) is 1.65. The minimum absolute atomic E-state index is 0.379. The minimum Gasteiger partial charge on any atom is -0.464 e. The molecule has 22 heavy (non-hydrogen) atoms. The first-order chi connectivity index (χ1) is 10.2. The first-order valence-electron chi connectivity index (χ1n) is 6.92. The van der Waals surface area contributed by atoms with Gasteiger partial charge in [0.2, 0.25) is 0 Å². The highest BCUT2D eigenvalue weighted by Gasteiger charge is 2.24. The second-order valence-electron chi connectivity index (χ2n) is 5.92. The Bertz CT molecular complexity index is 726. The maximum atomic E-state index is 12.0. The molecule has 1 N–H and O–H groups in total. The summed E-state index contributed by atoms with van der Waals surface area (Å²) in [5.74, 6) is -0.462. The van der Waals surface area contributed by atoms with Crippen LogP contribution < -0.4 is 5.32 Å². The SMILES string of the molecule is COC(=O)c1c(C)c(NC(=O)OC(C)(C)C)c2ccccn12. The van der Waals surface area contributed by atoms with Gasteiger partial charge in [-0.05, 0) is 39.8 Å². The molecule has 0 bridgehead atoms. The highest BCUT2D eigenvalue weighted by molar-refractivity contribution is 6.00. The number of amides is 1. The molecule has 0 aliphatic carbocycles. The van der Waals surface area contributed by atoms with Gasteiger partial charge in [-0.2, -0.15) is 0 Å². The summed E-state index contributed by atoms with van der Waals surface area (Å²) in [7, 11) is 1.32. The standard InChI is InChI=1S/C16H20N2O4/c1-10-12(17-15(20)22-16(2,3)4)11-8-6-7-9-18(11)13(10)14(19)21-5/h6-9H,1-5H3,(H,17,20). The van der Waals surface area contributed by atoms with E-state index in [-0.39, 0.29) is 0 Å². The third-order valence-electron chi connectivity index (χ3n) is 3.09. The molecule has 2 heterocycles. The number of aromatic nitrogens is 1. The monoisotopic (exact) mass is 304 g/mol. The third-order valence-corrected chi connectivity index (χ3v) is 3.09. The van der Waals surface area contributed by atoms with Gasteiger partial charge in [0.25, 0.3) is 0 Å². The van der Waals surface area contributed by atoms with E-state index < -0.39 is 17.7 Å². The Labute approximate surface area is 129 Å². The quantitative estimate of drug-likeness (QED) is 0.864. The predicted molar refractivity (Wildman–Crippen MR) is 83.3 cm³/mol. The number of pyridine rings is 1. The Balaban J connectivity index is 2.48. The van der Waals surface area contributed by atoms with Crippen LogP contribution in [0, 0.1) is 6.92 Å². The van der Waals surface area contributed by atoms with Crippen LogP contribution in [0.5, 0.6) is 0 Å². The molecule has 118 valence electrons. The van der Waals surface area contributed by atoms with Crippen LogP contribution in [0.2, 0.25) is 0 Å². The fourth-order valence-corrected chi connectivity index (χ4v) is 2.24. The van der Waals surface area contributed by atoms with Crippen LogP contribution in [0.4, 0.5) is 10.5 Å². The van der Waals surface area contributed by atoms with Gasteiger partial charge in [-0.25, -0.2) is 9.59 Å². The zero-order valence-corrected chi connectivity index (χ0v) is 13.4. The normalized spacial score (nSPS) is 11.3. The van der Waals surface area contributed by atoms with Gasteiger partial charge in [0.05, 0.1) is 18.3 Å². The molecule has 2 aromatic rings. The Morgan fingerprint density at radius 2 is 1.91 bits per heavy atom. The molecular weight excluding hydrogens is 284 g/mol. The van der Waals surface area contributed by atoms with E-state index >= 15 is 0 Å². The molecule has 6 heteroatoms. The van der Waals surface area contributed by atoms with E-state index in [2.05, 4.69) is 5.32 Å². The molecule has 0 saturated carbocycles. The van der Waals surface area contributed by atoms with E-state index in [9.17, 15) is 9.59 Å². The molecule has 0 aromatic carbocycles. The van der Waals surface area contributed by atoms with Crippen molar-refractivity contribution < 1.29 is 19.1 Å². The summed E-state index contributed by atoms with van der Waals surface area (Å²) in [6, 6.07) is 5.44. The van der Waals surface area contributed by atoms with Gasteiger partial charge in [0, 0.05) is 11.8 Å². The lowest BCUT2D eigenvalue weighted by Gasteiger charge is -2.19. The van der Waals surface area contributed by atoms with E-state index in [4.69, 9.17) is 9.47 Å². The molecule has 0 fully saturated rings. The Hall–Kier alpha value is -2.50. The van der Waals surface area contributed by atoms with Crippen molar-refractivity contribution in [3.63, 3.8) is 0 Å². The van der Waals surface area contributed by atoms with Crippen molar-refractivity contribution in [1.82, 2.24) is 4.40 Å². The Morgan fingerprint density at radius 3 is 2.50 bits per heavy atom. The summed E-state index contributed by atoms with van der Waals surface area (Å²) < 4.78 is 11.8. The second kappa shape index (κ2) is 5.71. The second-order valence-corrected chi connectivity index (χ2v) is 5.92. The molecular formula is C16H20N2O4.